The number of carbonyl (C=O) groups excluding carboxylic acids is 1. The number of carbonyl (C=O) groups is 1. The predicted molar refractivity (Wildman–Crippen MR) is 118 cm³/mol. The minimum absolute atomic E-state index is 0.0476. The number of ether oxygens (including phenoxy) is 1. The normalized spacial score (nSPS) is 13.4. The summed E-state index contributed by atoms with van der Waals surface area (Å²) < 4.78 is 11.4. The summed E-state index contributed by atoms with van der Waals surface area (Å²) >= 11 is 1.68. The van der Waals surface area contributed by atoms with Crippen LogP contribution in [0.3, 0.4) is 0 Å². The van der Waals surface area contributed by atoms with E-state index >= 15 is 0 Å². The Labute approximate surface area is 179 Å². The highest BCUT2D eigenvalue weighted by Crippen LogP contribution is 2.22. The Morgan fingerprint density at radius 2 is 1.83 bits per heavy atom. The number of benzene rings is 2. The summed E-state index contributed by atoms with van der Waals surface area (Å²) in [6.07, 6.45) is 2.15. The van der Waals surface area contributed by atoms with Crippen LogP contribution in [-0.4, -0.2) is 46.6 Å². The molecular formula is C22H24N4O3S. The van der Waals surface area contributed by atoms with Gasteiger partial charge in [-0.25, -0.2) is 4.79 Å². The summed E-state index contributed by atoms with van der Waals surface area (Å²) in [5.74, 6) is 3.40. The van der Waals surface area contributed by atoms with Crippen molar-refractivity contribution in [2.45, 2.75) is 18.6 Å². The quantitative estimate of drug-likeness (QED) is 0.529. The van der Waals surface area contributed by atoms with Crippen LogP contribution in [0.4, 0.5) is 10.5 Å². The third-order valence-corrected chi connectivity index (χ3v) is 5.61. The number of rotatable bonds is 8. The molecule has 1 N–H and O–H groups in total. The van der Waals surface area contributed by atoms with Crippen molar-refractivity contribution >= 4 is 23.5 Å². The van der Waals surface area contributed by atoms with Gasteiger partial charge in [0.05, 0.1) is 12.4 Å². The van der Waals surface area contributed by atoms with Crippen molar-refractivity contribution in [1.82, 2.24) is 15.1 Å². The van der Waals surface area contributed by atoms with E-state index in [1.54, 1.807) is 11.8 Å². The highest BCUT2D eigenvalue weighted by Gasteiger charge is 2.17. The highest BCUT2D eigenvalue weighted by molar-refractivity contribution is 7.98. The van der Waals surface area contributed by atoms with Crippen molar-refractivity contribution in [3.05, 3.63) is 60.5 Å². The van der Waals surface area contributed by atoms with Gasteiger partial charge in [-0.05, 0) is 49.2 Å². The van der Waals surface area contributed by atoms with E-state index in [2.05, 4.69) is 15.5 Å². The first-order valence-corrected chi connectivity index (χ1v) is 11.2. The summed E-state index contributed by atoms with van der Waals surface area (Å²) in [6.45, 7) is 2.27. The summed E-state index contributed by atoms with van der Waals surface area (Å²) in [7, 11) is 0. The molecule has 1 aromatic heterocycles. The standard InChI is InChI=1S/C22H24N4O3S/c27-22(26-12-4-5-13-26)23-18-10-8-17(9-11-18)21-25-24-20(29-21)16-30-15-14-28-19-6-2-1-3-7-19/h1-3,6-11H,4-5,12-16H2,(H,23,27). The number of thioether (sulfide) groups is 1. The fraction of sp³-hybridized carbons (Fsp3) is 0.318. The zero-order valence-electron chi connectivity index (χ0n) is 16.6. The molecule has 3 aromatic rings. The number of anilines is 1. The SMILES string of the molecule is O=C(Nc1ccc(-c2nnc(CSCCOc3ccccc3)o2)cc1)N1CCCC1. The van der Waals surface area contributed by atoms with Gasteiger partial charge in [-0.3, -0.25) is 0 Å². The molecular weight excluding hydrogens is 400 g/mol. The predicted octanol–water partition coefficient (Wildman–Crippen LogP) is 4.68. The van der Waals surface area contributed by atoms with Crippen LogP contribution < -0.4 is 10.1 Å². The average Bonchev–Trinajstić information content (AvgIpc) is 3.47. The molecule has 1 fully saturated rings. The molecule has 8 heteroatoms. The Morgan fingerprint density at radius 1 is 1.07 bits per heavy atom. The van der Waals surface area contributed by atoms with Crippen LogP contribution in [0.15, 0.2) is 59.0 Å². The third-order valence-electron chi connectivity index (χ3n) is 4.71. The molecule has 30 heavy (non-hydrogen) atoms. The molecule has 4 rings (SSSR count). The maximum absolute atomic E-state index is 12.2. The molecule has 0 bridgehead atoms. The number of urea groups is 1. The molecule has 0 radical (unpaired) electrons. The van der Waals surface area contributed by atoms with E-state index < -0.39 is 0 Å². The van der Waals surface area contributed by atoms with Crippen molar-refractivity contribution in [1.29, 1.82) is 0 Å². The van der Waals surface area contributed by atoms with E-state index in [1.165, 1.54) is 0 Å². The van der Waals surface area contributed by atoms with E-state index in [4.69, 9.17) is 9.15 Å². The molecule has 2 aromatic carbocycles. The van der Waals surface area contributed by atoms with Crippen molar-refractivity contribution in [3.8, 4) is 17.2 Å². The molecule has 156 valence electrons. The van der Waals surface area contributed by atoms with Crippen molar-refractivity contribution in [2.24, 2.45) is 0 Å². The van der Waals surface area contributed by atoms with Crippen LogP contribution in [0.5, 0.6) is 5.75 Å². The van der Waals surface area contributed by atoms with E-state index in [-0.39, 0.29) is 6.03 Å². The first kappa shape index (κ1) is 20.3. The maximum Gasteiger partial charge on any atom is 0.321 e. The van der Waals surface area contributed by atoms with E-state index in [9.17, 15) is 4.79 Å². The Morgan fingerprint density at radius 3 is 2.60 bits per heavy atom. The topological polar surface area (TPSA) is 80.5 Å². The second-order valence-electron chi connectivity index (χ2n) is 6.92. The highest BCUT2D eigenvalue weighted by atomic mass is 32.2. The Kier molecular flexibility index (Phi) is 6.87. The molecule has 0 unspecified atom stereocenters. The number of hydrogen-bond acceptors (Lipinski definition) is 6. The first-order valence-electron chi connectivity index (χ1n) is 10.0. The van der Waals surface area contributed by atoms with Gasteiger partial charge in [0.25, 0.3) is 0 Å². The molecule has 0 spiro atoms. The van der Waals surface area contributed by atoms with Crippen LogP contribution in [0, 0.1) is 0 Å². The summed E-state index contributed by atoms with van der Waals surface area (Å²) in [5, 5.41) is 11.2. The van der Waals surface area contributed by atoms with Gasteiger partial charge in [0.1, 0.15) is 5.75 Å². The van der Waals surface area contributed by atoms with Crippen LogP contribution in [0.25, 0.3) is 11.5 Å². The lowest BCUT2D eigenvalue weighted by Gasteiger charge is -2.16. The summed E-state index contributed by atoms with van der Waals surface area (Å²) in [6, 6.07) is 17.2. The van der Waals surface area contributed by atoms with Crippen LogP contribution in [0.1, 0.15) is 18.7 Å². The van der Waals surface area contributed by atoms with E-state index in [0.29, 0.717) is 24.1 Å². The number of para-hydroxylation sites is 1. The van der Waals surface area contributed by atoms with Gasteiger partial charge in [-0.2, -0.15) is 0 Å². The van der Waals surface area contributed by atoms with Crippen molar-refractivity contribution in [3.63, 3.8) is 0 Å². The first-order chi connectivity index (χ1) is 14.8. The molecule has 1 saturated heterocycles. The van der Waals surface area contributed by atoms with E-state index in [1.807, 2.05) is 59.5 Å². The Bertz CT molecular complexity index is 941. The van der Waals surface area contributed by atoms with Gasteiger partial charge >= 0.3 is 6.03 Å². The zero-order valence-corrected chi connectivity index (χ0v) is 17.4. The van der Waals surface area contributed by atoms with Gasteiger partial charge in [-0.1, -0.05) is 18.2 Å². The lowest BCUT2D eigenvalue weighted by atomic mass is 10.2. The largest absolute Gasteiger partial charge is 0.493 e. The Balaban J connectivity index is 1.22. The van der Waals surface area contributed by atoms with Gasteiger partial charge in [0, 0.05) is 30.1 Å². The van der Waals surface area contributed by atoms with Crippen molar-refractivity contribution in [2.75, 3.05) is 30.8 Å². The monoisotopic (exact) mass is 424 g/mol. The fourth-order valence-corrected chi connectivity index (χ4v) is 3.78. The minimum Gasteiger partial charge on any atom is -0.493 e. The van der Waals surface area contributed by atoms with Gasteiger partial charge < -0.3 is 19.4 Å². The molecule has 2 amide bonds. The Hall–Kier alpha value is -3.00. The molecule has 7 nitrogen and oxygen atoms in total. The third kappa shape index (κ3) is 5.54. The number of nitrogens with zero attached hydrogens (tertiary/aromatic N) is 3. The zero-order chi connectivity index (χ0) is 20.6. The van der Waals surface area contributed by atoms with Crippen LogP contribution in [-0.2, 0) is 5.75 Å². The van der Waals surface area contributed by atoms with Gasteiger partial charge in [0.2, 0.25) is 11.8 Å². The van der Waals surface area contributed by atoms with E-state index in [0.717, 1.165) is 48.7 Å². The molecule has 0 atom stereocenters. The molecule has 0 saturated carbocycles. The molecule has 0 aliphatic carbocycles. The molecule has 2 heterocycles. The number of amides is 2. The molecule has 1 aliphatic rings. The number of hydrogen-bond donors (Lipinski definition) is 1. The number of likely N-dealkylation sites (tertiary alicyclic amines) is 1. The fourth-order valence-electron chi connectivity index (χ4n) is 3.14. The number of aromatic nitrogens is 2. The second kappa shape index (κ2) is 10.2. The minimum atomic E-state index is -0.0476. The lowest BCUT2D eigenvalue weighted by Crippen LogP contribution is -2.32. The molecule has 1 aliphatic heterocycles. The number of nitrogens with one attached hydrogen (secondary N) is 1. The van der Waals surface area contributed by atoms with Gasteiger partial charge in [0.15, 0.2) is 0 Å². The second-order valence-corrected chi connectivity index (χ2v) is 8.02. The lowest BCUT2D eigenvalue weighted by molar-refractivity contribution is 0.222. The summed E-state index contributed by atoms with van der Waals surface area (Å²) in [4.78, 5) is 14.0. The van der Waals surface area contributed by atoms with Crippen LogP contribution >= 0.6 is 11.8 Å². The van der Waals surface area contributed by atoms with Crippen molar-refractivity contribution < 1.29 is 13.9 Å². The van der Waals surface area contributed by atoms with Gasteiger partial charge in [-0.15, -0.1) is 22.0 Å². The van der Waals surface area contributed by atoms with Crippen LogP contribution in [0.2, 0.25) is 0 Å². The smallest absolute Gasteiger partial charge is 0.321 e. The maximum atomic E-state index is 12.2. The average molecular weight is 425 g/mol. The summed E-state index contributed by atoms with van der Waals surface area (Å²) in [5.41, 5.74) is 1.58.